The van der Waals surface area contributed by atoms with Gasteiger partial charge in [-0.2, -0.15) is 0 Å². The third kappa shape index (κ3) is 5.26. The molecule has 1 heterocycles. The van der Waals surface area contributed by atoms with Gasteiger partial charge in [-0.25, -0.2) is 4.98 Å². The molecule has 3 rings (SSSR count). The predicted octanol–water partition coefficient (Wildman–Crippen LogP) is 3.71. The van der Waals surface area contributed by atoms with Gasteiger partial charge in [-0.1, -0.05) is 55.8 Å². The van der Waals surface area contributed by atoms with Gasteiger partial charge in [0.1, 0.15) is 12.4 Å². The zero-order valence-electron chi connectivity index (χ0n) is 18.0. The number of rotatable bonds is 9. The summed E-state index contributed by atoms with van der Waals surface area (Å²) >= 11 is 0. The van der Waals surface area contributed by atoms with E-state index in [1.54, 1.807) is 4.90 Å². The number of unbranched alkanes of at least 4 members (excludes halogenated alkanes) is 1. The Balaban J connectivity index is 1.79. The van der Waals surface area contributed by atoms with Gasteiger partial charge in [-0.3, -0.25) is 9.59 Å². The molecule has 3 aromatic rings. The first-order valence-electron chi connectivity index (χ1n) is 10.5. The maximum atomic E-state index is 12.8. The summed E-state index contributed by atoms with van der Waals surface area (Å²) < 4.78 is 1.92. The number of likely N-dealkylation sites (N-methyl/N-ethyl adjacent to an activating group) is 1. The van der Waals surface area contributed by atoms with Crippen LogP contribution >= 0.6 is 0 Å². The highest BCUT2D eigenvalue weighted by molar-refractivity contribution is 5.82. The van der Waals surface area contributed by atoms with Gasteiger partial charge in [-0.15, -0.1) is 0 Å². The summed E-state index contributed by atoms with van der Waals surface area (Å²) in [6, 6.07) is 17.1. The predicted molar refractivity (Wildman–Crippen MR) is 119 cm³/mol. The number of benzene rings is 2. The minimum Gasteiger partial charge on any atom is -0.346 e. The summed E-state index contributed by atoms with van der Waals surface area (Å²) in [5.74, 6) is 0.657. The molecule has 0 spiro atoms. The van der Waals surface area contributed by atoms with Crippen LogP contribution in [0.4, 0.5) is 0 Å². The van der Waals surface area contributed by atoms with Crippen LogP contribution in [0.25, 0.3) is 11.0 Å². The maximum Gasteiger partial charge on any atom is 0.242 e. The van der Waals surface area contributed by atoms with E-state index in [9.17, 15) is 9.59 Å². The van der Waals surface area contributed by atoms with Crippen LogP contribution in [-0.2, 0) is 22.6 Å². The molecule has 0 aliphatic rings. The smallest absolute Gasteiger partial charge is 0.242 e. The second-order valence-electron chi connectivity index (χ2n) is 7.67. The Kier molecular flexibility index (Phi) is 7.22. The lowest BCUT2D eigenvalue weighted by atomic mass is 10.1. The van der Waals surface area contributed by atoms with Crippen LogP contribution in [0.3, 0.4) is 0 Å². The number of hydrogen-bond acceptors (Lipinski definition) is 3. The van der Waals surface area contributed by atoms with Gasteiger partial charge in [-0.05, 0) is 31.0 Å². The average molecular weight is 407 g/mol. The Morgan fingerprint density at radius 3 is 2.53 bits per heavy atom. The number of hydrogen-bond donors (Lipinski definition) is 1. The lowest BCUT2D eigenvalue weighted by molar-refractivity contribution is -0.130. The third-order valence-electron chi connectivity index (χ3n) is 5.22. The Labute approximate surface area is 177 Å². The van der Waals surface area contributed by atoms with Crippen molar-refractivity contribution >= 4 is 22.8 Å². The second kappa shape index (κ2) is 10.1. The van der Waals surface area contributed by atoms with Crippen LogP contribution in [0, 0.1) is 0 Å². The minimum absolute atomic E-state index is 0.0377. The average Bonchev–Trinajstić information content (AvgIpc) is 3.11. The molecule has 0 aliphatic heterocycles. The fraction of sp³-hybridized carbons (Fsp3) is 0.375. The molecule has 2 aromatic carbocycles. The van der Waals surface area contributed by atoms with Crippen molar-refractivity contribution in [2.24, 2.45) is 0 Å². The summed E-state index contributed by atoms with van der Waals surface area (Å²) in [6.07, 6.45) is 2.33. The number of nitrogens with zero attached hydrogens (tertiary/aromatic N) is 3. The summed E-state index contributed by atoms with van der Waals surface area (Å²) in [4.78, 5) is 31.8. The van der Waals surface area contributed by atoms with Crippen LogP contribution in [0.1, 0.15) is 44.1 Å². The van der Waals surface area contributed by atoms with Crippen molar-refractivity contribution in [2.45, 2.75) is 45.7 Å². The lowest BCUT2D eigenvalue weighted by Gasteiger charge is -2.20. The van der Waals surface area contributed by atoms with Crippen molar-refractivity contribution in [1.82, 2.24) is 19.8 Å². The molecule has 0 radical (unpaired) electrons. The molecule has 0 saturated carbocycles. The standard InChI is InChI=1S/C24H30N4O2/c1-4-5-15-27(3)23(30)17-28-21-14-10-9-13-20(21)26-24(28)18(2)25-22(29)16-19-11-7-6-8-12-19/h6-14,18H,4-5,15-17H2,1-3H3,(H,25,29). The molecule has 158 valence electrons. The van der Waals surface area contributed by atoms with E-state index in [0.717, 1.165) is 36.0 Å². The molecule has 1 N–H and O–H groups in total. The molecular formula is C24H30N4O2. The maximum absolute atomic E-state index is 12.8. The molecule has 2 amide bonds. The van der Waals surface area contributed by atoms with E-state index in [-0.39, 0.29) is 24.4 Å². The topological polar surface area (TPSA) is 67.2 Å². The SMILES string of the molecule is CCCCN(C)C(=O)Cn1c(C(C)NC(=O)Cc2ccccc2)nc2ccccc21. The number of fused-ring (bicyclic) bond motifs is 1. The van der Waals surface area contributed by atoms with Crippen molar-refractivity contribution in [2.75, 3.05) is 13.6 Å². The van der Waals surface area contributed by atoms with E-state index in [1.165, 1.54) is 0 Å². The number of amides is 2. The number of aromatic nitrogens is 2. The number of carbonyl (C=O) groups excluding carboxylic acids is 2. The van der Waals surface area contributed by atoms with Crippen molar-refractivity contribution in [1.29, 1.82) is 0 Å². The first kappa shape index (κ1) is 21.6. The van der Waals surface area contributed by atoms with Crippen molar-refractivity contribution < 1.29 is 9.59 Å². The molecule has 1 aromatic heterocycles. The van der Waals surface area contributed by atoms with E-state index in [2.05, 4.69) is 12.2 Å². The van der Waals surface area contributed by atoms with Crippen molar-refractivity contribution in [3.8, 4) is 0 Å². The number of para-hydroxylation sites is 2. The van der Waals surface area contributed by atoms with E-state index < -0.39 is 0 Å². The highest BCUT2D eigenvalue weighted by atomic mass is 16.2. The fourth-order valence-corrected chi connectivity index (χ4v) is 3.51. The summed E-state index contributed by atoms with van der Waals surface area (Å²) in [6.45, 7) is 4.96. The third-order valence-corrected chi connectivity index (χ3v) is 5.22. The highest BCUT2D eigenvalue weighted by Gasteiger charge is 2.21. The first-order chi connectivity index (χ1) is 14.5. The Morgan fingerprint density at radius 1 is 1.10 bits per heavy atom. The van der Waals surface area contributed by atoms with Gasteiger partial charge in [0.2, 0.25) is 11.8 Å². The zero-order chi connectivity index (χ0) is 21.5. The van der Waals surface area contributed by atoms with Crippen molar-refractivity contribution in [3.63, 3.8) is 0 Å². The Hall–Kier alpha value is -3.15. The van der Waals surface area contributed by atoms with Crippen LogP contribution < -0.4 is 5.32 Å². The van der Waals surface area contributed by atoms with Gasteiger partial charge < -0.3 is 14.8 Å². The lowest BCUT2D eigenvalue weighted by Crippen LogP contribution is -2.33. The number of imidazole rings is 1. The van der Waals surface area contributed by atoms with Gasteiger partial charge >= 0.3 is 0 Å². The zero-order valence-corrected chi connectivity index (χ0v) is 18.0. The highest BCUT2D eigenvalue weighted by Crippen LogP contribution is 2.21. The van der Waals surface area contributed by atoms with Crippen molar-refractivity contribution in [3.05, 3.63) is 66.0 Å². The Morgan fingerprint density at radius 2 is 1.80 bits per heavy atom. The minimum atomic E-state index is -0.317. The van der Waals surface area contributed by atoms with Gasteiger partial charge in [0, 0.05) is 13.6 Å². The molecule has 0 fully saturated rings. The Bertz CT molecular complexity index is 997. The molecule has 0 saturated heterocycles. The van der Waals surface area contributed by atoms with Gasteiger partial charge in [0.15, 0.2) is 0 Å². The van der Waals surface area contributed by atoms with E-state index in [4.69, 9.17) is 4.98 Å². The molecule has 0 aliphatic carbocycles. The molecule has 6 heteroatoms. The molecule has 30 heavy (non-hydrogen) atoms. The van der Waals surface area contributed by atoms with Crippen LogP contribution in [0.15, 0.2) is 54.6 Å². The van der Waals surface area contributed by atoms with Crippen LogP contribution in [-0.4, -0.2) is 39.9 Å². The number of carbonyl (C=O) groups is 2. The molecule has 0 bridgehead atoms. The first-order valence-corrected chi connectivity index (χ1v) is 10.5. The van der Waals surface area contributed by atoms with E-state index >= 15 is 0 Å². The van der Waals surface area contributed by atoms with E-state index in [0.29, 0.717) is 12.2 Å². The normalized spacial score (nSPS) is 12.0. The molecule has 1 unspecified atom stereocenters. The number of nitrogens with one attached hydrogen (secondary N) is 1. The largest absolute Gasteiger partial charge is 0.346 e. The van der Waals surface area contributed by atoms with E-state index in [1.807, 2.05) is 73.1 Å². The monoisotopic (exact) mass is 406 g/mol. The van der Waals surface area contributed by atoms with Gasteiger partial charge in [0.05, 0.1) is 23.5 Å². The summed E-state index contributed by atoms with van der Waals surface area (Å²) in [5.41, 5.74) is 2.68. The second-order valence-corrected chi connectivity index (χ2v) is 7.67. The molecule has 6 nitrogen and oxygen atoms in total. The quantitative estimate of drug-likeness (QED) is 0.589. The summed E-state index contributed by atoms with van der Waals surface area (Å²) in [7, 11) is 1.84. The van der Waals surface area contributed by atoms with Gasteiger partial charge in [0.25, 0.3) is 0 Å². The van der Waals surface area contributed by atoms with Crippen LogP contribution in [0.5, 0.6) is 0 Å². The molecule has 1 atom stereocenters. The molecular weight excluding hydrogens is 376 g/mol. The fourth-order valence-electron chi connectivity index (χ4n) is 3.51. The van der Waals surface area contributed by atoms with Crippen LogP contribution in [0.2, 0.25) is 0 Å². The summed E-state index contributed by atoms with van der Waals surface area (Å²) in [5, 5.41) is 3.04.